The molecule has 1 aliphatic rings. The van der Waals surface area contributed by atoms with Crippen molar-refractivity contribution in [3.63, 3.8) is 0 Å². The first kappa shape index (κ1) is 50.6. The van der Waals surface area contributed by atoms with Crippen molar-refractivity contribution in [3.05, 3.63) is 53.2 Å². The summed E-state index contributed by atoms with van der Waals surface area (Å²) in [4.78, 5) is 60.4. The van der Waals surface area contributed by atoms with Gasteiger partial charge in [0, 0.05) is 25.3 Å². The van der Waals surface area contributed by atoms with Crippen LogP contribution in [-0.2, 0) is 38.6 Å². The molecule has 18 heteroatoms. The molecule has 316 valence electrons. The molecule has 1 saturated heterocycles. The van der Waals surface area contributed by atoms with Crippen LogP contribution < -0.4 is 14.9 Å². The first-order valence-electron chi connectivity index (χ1n) is 17.9. The molecule has 3 amide bonds. The lowest BCUT2D eigenvalue weighted by Crippen LogP contribution is -2.54. The Bertz CT molecular complexity index is 1750. The lowest BCUT2D eigenvalue weighted by Gasteiger charge is -2.30. The lowest BCUT2D eigenvalue weighted by molar-refractivity contribution is -0.157. The number of hydrogen-bond donors (Lipinski definition) is 2. The summed E-state index contributed by atoms with van der Waals surface area (Å²) in [6.45, 7) is 19.3. The number of pyridine rings is 1. The van der Waals surface area contributed by atoms with Gasteiger partial charge in [-0.05, 0) is 113 Å². The van der Waals surface area contributed by atoms with Crippen molar-refractivity contribution in [2.75, 3.05) is 31.1 Å². The fourth-order valence-electron chi connectivity index (χ4n) is 5.78. The van der Waals surface area contributed by atoms with Crippen LogP contribution in [0.4, 0.5) is 15.4 Å². The summed E-state index contributed by atoms with van der Waals surface area (Å²) in [6.07, 6.45) is -0.209. The highest BCUT2D eigenvalue weighted by Gasteiger charge is 2.38. The van der Waals surface area contributed by atoms with E-state index in [4.69, 9.17) is 18.9 Å². The first-order valence-corrected chi connectivity index (χ1v) is 19.4. The van der Waals surface area contributed by atoms with Crippen molar-refractivity contribution >= 4 is 66.9 Å². The predicted octanol–water partition coefficient (Wildman–Crippen LogP) is 5.17. The zero-order valence-electron chi connectivity index (χ0n) is 34.6. The van der Waals surface area contributed by atoms with Crippen LogP contribution in [0.25, 0.3) is 0 Å². The molecule has 1 aromatic carbocycles. The Hall–Kier alpha value is -3.42. The molecule has 15 nitrogen and oxygen atoms in total. The number of nitrogens with zero attached hydrogens (tertiary/aromatic N) is 3. The zero-order valence-corrected chi connectivity index (χ0v) is 37.4. The third-order valence-electron chi connectivity index (χ3n) is 7.71. The van der Waals surface area contributed by atoms with Crippen LogP contribution in [0.15, 0.2) is 41.4 Å². The van der Waals surface area contributed by atoms with E-state index in [1.54, 1.807) is 113 Å². The second-order valence-corrected chi connectivity index (χ2v) is 18.1. The number of aryl methyl sites for hydroxylation is 3. The lowest BCUT2D eigenvalue weighted by atomic mass is 10.1. The van der Waals surface area contributed by atoms with Crippen LogP contribution in [0.2, 0.25) is 0 Å². The number of rotatable bonds is 12. The molecule has 2 aromatic rings. The summed E-state index contributed by atoms with van der Waals surface area (Å²) in [5, 5.41) is 3.30. The minimum atomic E-state index is -4.37. The molecule has 0 radical (unpaired) electrons. The number of carbonyl (C=O) groups is 4. The third kappa shape index (κ3) is 15.8. The van der Waals surface area contributed by atoms with Gasteiger partial charge in [0.15, 0.2) is 0 Å². The Morgan fingerprint density at radius 3 is 1.95 bits per heavy atom. The van der Waals surface area contributed by atoms with Gasteiger partial charge in [-0.1, -0.05) is 23.8 Å². The average molecular weight is 844 g/mol. The van der Waals surface area contributed by atoms with Crippen molar-refractivity contribution in [2.45, 2.75) is 129 Å². The number of aromatic nitrogens is 1. The molecule has 0 aliphatic carbocycles. The van der Waals surface area contributed by atoms with Crippen LogP contribution in [0, 0.1) is 20.8 Å². The highest BCUT2D eigenvalue weighted by atomic mass is 32.2. The molecule has 0 saturated carbocycles. The Morgan fingerprint density at radius 1 is 0.875 bits per heavy atom. The molecule has 1 aliphatic heterocycles. The first-order chi connectivity index (χ1) is 24.7. The van der Waals surface area contributed by atoms with Gasteiger partial charge in [-0.15, -0.1) is 0 Å². The fraction of sp³-hybridized carbons (Fsp3) is 0.605. The van der Waals surface area contributed by atoms with Crippen LogP contribution in [0.1, 0.15) is 85.4 Å². The molecular formula is C38H61N5O10S3. The van der Waals surface area contributed by atoms with E-state index in [0.29, 0.717) is 34.8 Å². The van der Waals surface area contributed by atoms with Crippen molar-refractivity contribution in [1.29, 1.82) is 0 Å². The summed E-state index contributed by atoms with van der Waals surface area (Å²) < 4.78 is 52.7. The van der Waals surface area contributed by atoms with Gasteiger partial charge < -0.3 is 24.3 Å². The number of hydrogen-bond acceptors (Lipinski definition) is 12. The minimum Gasteiger partial charge on any atom is -0.459 e. The summed E-state index contributed by atoms with van der Waals surface area (Å²) in [5.41, 5.74) is -1.04. The van der Waals surface area contributed by atoms with E-state index in [9.17, 15) is 27.6 Å². The molecule has 2 N–H and O–H groups in total. The number of nitrogens with one attached hydrogen (secondary N) is 2. The molecule has 2 heterocycles. The van der Waals surface area contributed by atoms with Crippen molar-refractivity contribution in [3.8, 4) is 0 Å². The Kier molecular flexibility index (Phi) is 18.4. The number of benzene rings is 1. The molecular weight excluding hydrogens is 783 g/mol. The number of amides is 3. The predicted molar refractivity (Wildman–Crippen MR) is 223 cm³/mol. The van der Waals surface area contributed by atoms with E-state index >= 15 is 0 Å². The number of anilines is 1. The second kappa shape index (κ2) is 20.3. The summed E-state index contributed by atoms with van der Waals surface area (Å²) >= 11 is 0. The van der Waals surface area contributed by atoms with Gasteiger partial charge in [0.25, 0.3) is 5.91 Å². The normalized spacial score (nSPS) is 16.4. The van der Waals surface area contributed by atoms with E-state index in [1.165, 1.54) is 4.90 Å². The van der Waals surface area contributed by atoms with Crippen LogP contribution in [-0.4, -0.2) is 104 Å². The van der Waals surface area contributed by atoms with Gasteiger partial charge >= 0.3 is 18.2 Å². The maximum Gasteiger partial charge on any atom is 0.417 e. The van der Waals surface area contributed by atoms with Crippen molar-refractivity contribution in [2.24, 2.45) is 0 Å². The van der Waals surface area contributed by atoms with Crippen molar-refractivity contribution < 1.29 is 46.5 Å². The molecule has 56 heavy (non-hydrogen) atoms. The van der Waals surface area contributed by atoms with Crippen LogP contribution in [0.3, 0.4) is 0 Å². The Labute approximate surface area is 345 Å². The number of ether oxygens (including phenoxy) is 4. The SMILES string of the molecule is Cc1cc(C)c(S(=O)(=O)N[C@@H](CN(C(=O)CO[C@H]2CN[C@H](CN(C(=O)OC(C)(C)C)c3ccccn3)C2)C(=O)OC(C)(C)C)C(=O)OC(C)(C)C)c(C)c1.S.S. The van der Waals surface area contributed by atoms with Gasteiger partial charge in [-0.3, -0.25) is 14.5 Å². The smallest absolute Gasteiger partial charge is 0.417 e. The second-order valence-electron chi connectivity index (χ2n) is 16.5. The van der Waals surface area contributed by atoms with Gasteiger partial charge in [0.05, 0.1) is 17.5 Å². The van der Waals surface area contributed by atoms with E-state index < -0.39 is 76.2 Å². The van der Waals surface area contributed by atoms with Gasteiger partial charge in [0.1, 0.15) is 35.3 Å². The maximum absolute atomic E-state index is 13.8. The Morgan fingerprint density at radius 2 is 1.43 bits per heavy atom. The summed E-state index contributed by atoms with van der Waals surface area (Å²) in [7, 11) is -4.37. The highest BCUT2D eigenvalue weighted by molar-refractivity contribution is 7.89. The molecule has 0 bridgehead atoms. The number of imide groups is 1. The van der Waals surface area contributed by atoms with Crippen molar-refractivity contribution in [1.82, 2.24) is 19.9 Å². The largest absolute Gasteiger partial charge is 0.459 e. The number of sulfonamides is 1. The van der Waals surface area contributed by atoms with Gasteiger partial charge in [-0.25, -0.2) is 27.9 Å². The third-order valence-corrected chi connectivity index (χ3v) is 9.49. The average Bonchev–Trinajstić information content (AvgIpc) is 3.45. The topological polar surface area (TPSA) is 183 Å². The van der Waals surface area contributed by atoms with E-state index in [1.807, 2.05) is 6.92 Å². The highest BCUT2D eigenvalue weighted by Crippen LogP contribution is 2.24. The number of carbonyl (C=O) groups excluding carboxylic acids is 4. The monoisotopic (exact) mass is 843 g/mol. The fourth-order valence-corrected chi connectivity index (χ4v) is 7.40. The number of esters is 1. The molecule has 1 aromatic heterocycles. The standard InChI is InChI=1S/C38H57N5O10S.2H2S/c1-24-17-25(2)32(26(3)18-24)54(48,49)41-29(33(45)51-36(4,5)6)22-43(35(47)53-38(10,11)12)31(44)23-50-28-19-27(40-20-28)21-42(30-15-13-14-16-39-30)34(46)52-37(7,8)9;;/h13-18,27-29,40-41H,19-23H2,1-12H3;2*1H2/t27-,28+,29-;;/m0../s1. The summed E-state index contributed by atoms with van der Waals surface area (Å²) in [6, 6.07) is 6.64. The zero-order chi connectivity index (χ0) is 40.8. The molecule has 1 fully saturated rings. The summed E-state index contributed by atoms with van der Waals surface area (Å²) in [5.74, 6) is -1.46. The quantitative estimate of drug-likeness (QED) is 0.212. The van der Waals surface area contributed by atoms with Crippen LogP contribution in [0.5, 0.6) is 0 Å². The minimum absolute atomic E-state index is 0. The van der Waals surface area contributed by atoms with Gasteiger partial charge in [-0.2, -0.15) is 31.7 Å². The van der Waals surface area contributed by atoms with E-state index in [-0.39, 0.29) is 44.5 Å². The maximum atomic E-state index is 13.8. The van der Waals surface area contributed by atoms with E-state index in [2.05, 4.69) is 15.0 Å². The van der Waals surface area contributed by atoms with E-state index in [0.717, 1.165) is 5.56 Å². The molecule has 0 unspecified atom stereocenters. The van der Waals surface area contributed by atoms with Crippen LogP contribution >= 0.6 is 27.0 Å². The molecule has 3 atom stereocenters. The molecule has 0 spiro atoms. The Balaban J connectivity index is 0.00000784. The molecule has 3 rings (SSSR count). The van der Waals surface area contributed by atoms with Gasteiger partial charge in [0.2, 0.25) is 10.0 Å².